The van der Waals surface area contributed by atoms with Gasteiger partial charge in [0.2, 0.25) is 18.0 Å². The Labute approximate surface area is 218 Å². The van der Waals surface area contributed by atoms with Crippen LogP contribution in [0.3, 0.4) is 0 Å². The van der Waals surface area contributed by atoms with Crippen LogP contribution in [-0.2, 0) is 30.3 Å². The van der Waals surface area contributed by atoms with E-state index in [1.165, 1.54) is 26.2 Å². The Morgan fingerprint density at radius 3 is 2.66 bits per heavy atom. The zero-order chi connectivity index (χ0) is 27.0. The monoisotopic (exact) mass is 521 g/mol. The summed E-state index contributed by atoms with van der Waals surface area (Å²) in [6.07, 6.45) is 1.13. The lowest BCUT2D eigenvalue weighted by atomic mass is 10.0. The Morgan fingerprint density at radius 2 is 1.92 bits per heavy atom. The van der Waals surface area contributed by atoms with Crippen molar-refractivity contribution < 1.29 is 38.1 Å². The van der Waals surface area contributed by atoms with Crippen molar-refractivity contribution in [3.05, 3.63) is 59.3 Å². The minimum atomic E-state index is -1.12. The molecule has 0 spiro atoms. The van der Waals surface area contributed by atoms with Crippen molar-refractivity contribution in [3.8, 4) is 11.5 Å². The summed E-state index contributed by atoms with van der Waals surface area (Å²) >= 11 is 0. The maximum Gasteiger partial charge on any atom is 0.344 e. The van der Waals surface area contributed by atoms with E-state index in [-0.39, 0.29) is 36.5 Å². The van der Waals surface area contributed by atoms with Crippen LogP contribution in [0.5, 0.6) is 11.5 Å². The molecule has 38 heavy (non-hydrogen) atoms. The normalized spacial score (nSPS) is 19.2. The number of aromatic amines is 1. The molecule has 3 aromatic rings. The molecule has 1 aromatic heterocycles. The van der Waals surface area contributed by atoms with Gasteiger partial charge in [-0.25, -0.2) is 9.59 Å². The Morgan fingerprint density at radius 1 is 1.13 bits per heavy atom. The van der Waals surface area contributed by atoms with Gasteiger partial charge < -0.3 is 29.2 Å². The number of amides is 2. The predicted molar refractivity (Wildman–Crippen MR) is 134 cm³/mol. The SMILES string of the molecule is COC(=O)C(Cc1c[nH]c2ccccc12)NC(=O)[C@@H]1CCC(=O)N1C1OC(=O)c2c1ccc(OC)c2OC. The number of hydrogen-bond donors (Lipinski definition) is 2. The van der Waals surface area contributed by atoms with Crippen molar-refractivity contribution in [2.24, 2.45) is 0 Å². The van der Waals surface area contributed by atoms with E-state index in [2.05, 4.69) is 10.3 Å². The van der Waals surface area contributed by atoms with E-state index in [4.69, 9.17) is 18.9 Å². The van der Waals surface area contributed by atoms with Crippen LogP contribution in [0.2, 0.25) is 0 Å². The van der Waals surface area contributed by atoms with Crippen molar-refractivity contribution >= 4 is 34.7 Å². The molecule has 0 aliphatic carbocycles. The highest BCUT2D eigenvalue weighted by Gasteiger charge is 2.48. The van der Waals surface area contributed by atoms with E-state index in [9.17, 15) is 19.2 Å². The third kappa shape index (κ3) is 4.19. The smallest absolute Gasteiger partial charge is 0.344 e. The number of hydrogen-bond acceptors (Lipinski definition) is 8. The Kier molecular flexibility index (Phi) is 6.66. The van der Waals surface area contributed by atoms with E-state index < -0.39 is 36.2 Å². The van der Waals surface area contributed by atoms with E-state index in [0.29, 0.717) is 11.3 Å². The second-order valence-electron chi connectivity index (χ2n) is 9.03. The summed E-state index contributed by atoms with van der Waals surface area (Å²) in [4.78, 5) is 56.3. The van der Waals surface area contributed by atoms with Crippen molar-refractivity contribution in [2.45, 2.75) is 37.6 Å². The van der Waals surface area contributed by atoms with Crippen LogP contribution in [0.4, 0.5) is 0 Å². The topological polar surface area (TPSA) is 136 Å². The van der Waals surface area contributed by atoms with Gasteiger partial charge in [0.05, 0.1) is 21.3 Å². The number of H-pyrrole nitrogens is 1. The quantitative estimate of drug-likeness (QED) is 0.431. The number of esters is 2. The lowest BCUT2D eigenvalue weighted by Gasteiger charge is -2.30. The third-order valence-electron chi connectivity index (χ3n) is 6.98. The van der Waals surface area contributed by atoms with Crippen LogP contribution in [0.1, 0.15) is 40.6 Å². The molecule has 0 radical (unpaired) electrons. The maximum absolute atomic E-state index is 13.5. The van der Waals surface area contributed by atoms with Crippen molar-refractivity contribution in [2.75, 3.05) is 21.3 Å². The van der Waals surface area contributed by atoms with Gasteiger partial charge in [-0.15, -0.1) is 0 Å². The second-order valence-corrected chi connectivity index (χ2v) is 9.03. The van der Waals surface area contributed by atoms with E-state index >= 15 is 0 Å². The number of nitrogens with one attached hydrogen (secondary N) is 2. The summed E-state index contributed by atoms with van der Waals surface area (Å²) in [6, 6.07) is 8.88. The molecule has 2 N–H and O–H groups in total. The molecule has 1 fully saturated rings. The fourth-order valence-electron chi connectivity index (χ4n) is 5.17. The van der Waals surface area contributed by atoms with Crippen LogP contribution >= 0.6 is 0 Å². The van der Waals surface area contributed by atoms with Gasteiger partial charge in [0, 0.05) is 35.5 Å². The molecule has 1 saturated heterocycles. The molecule has 5 rings (SSSR count). The number of carbonyl (C=O) groups excluding carboxylic acids is 4. The molecule has 198 valence electrons. The van der Waals surface area contributed by atoms with Crippen molar-refractivity contribution in [3.63, 3.8) is 0 Å². The van der Waals surface area contributed by atoms with Gasteiger partial charge in [0.25, 0.3) is 0 Å². The second kappa shape index (κ2) is 10.1. The van der Waals surface area contributed by atoms with Crippen molar-refractivity contribution in [1.29, 1.82) is 0 Å². The van der Waals surface area contributed by atoms with Gasteiger partial charge in [-0.3, -0.25) is 14.5 Å². The molecule has 2 aromatic carbocycles. The third-order valence-corrected chi connectivity index (χ3v) is 6.98. The summed E-state index contributed by atoms with van der Waals surface area (Å²) in [5, 5.41) is 3.68. The lowest BCUT2D eigenvalue weighted by molar-refractivity contribution is -0.149. The number of fused-ring (bicyclic) bond motifs is 2. The zero-order valence-electron chi connectivity index (χ0n) is 21.1. The average Bonchev–Trinajstić information content (AvgIpc) is 3.62. The highest BCUT2D eigenvalue weighted by atomic mass is 16.6. The van der Waals surface area contributed by atoms with Crippen LogP contribution in [0.25, 0.3) is 10.9 Å². The Balaban J connectivity index is 1.41. The minimum absolute atomic E-state index is 0.0834. The molecule has 3 atom stereocenters. The van der Waals surface area contributed by atoms with Gasteiger partial charge in [-0.2, -0.15) is 0 Å². The Bertz CT molecular complexity index is 1430. The van der Waals surface area contributed by atoms with Gasteiger partial charge in [-0.05, 0) is 30.2 Å². The maximum atomic E-state index is 13.5. The molecule has 2 aliphatic rings. The molecule has 2 aliphatic heterocycles. The summed E-state index contributed by atoms with van der Waals surface area (Å²) < 4.78 is 21.2. The Hall–Kier alpha value is -4.54. The molecule has 2 unspecified atom stereocenters. The van der Waals surface area contributed by atoms with E-state index in [1.54, 1.807) is 18.3 Å². The number of para-hydroxylation sites is 1. The largest absolute Gasteiger partial charge is 0.493 e. The van der Waals surface area contributed by atoms with Crippen LogP contribution in [0, 0.1) is 0 Å². The molecule has 0 bridgehead atoms. The molecular weight excluding hydrogens is 494 g/mol. The number of carbonyl (C=O) groups is 4. The molecule has 3 heterocycles. The highest BCUT2D eigenvalue weighted by Crippen LogP contribution is 2.45. The van der Waals surface area contributed by atoms with Crippen molar-refractivity contribution in [1.82, 2.24) is 15.2 Å². The number of aromatic nitrogens is 1. The molecule has 11 heteroatoms. The van der Waals surface area contributed by atoms with Crippen LogP contribution in [-0.4, -0.2) is 67.0 Å². The van der Waals surface area contributed by atoms with Gasteiger partial charge >= 0.3 is 11.9 Å². The number of ether oxygens (including phenoxy) is 4. The fraction of sp³-hybridized carbons (Fsp3) is 0.333. The standard InChI is InChI=1S/C27H27N3O8/c1-35-20-10-8-16-22(23(20)36-2)27(34)38-25(16)30-19(9-11-21(30)31)24(32)29-18(26(33)37-3)12-14-13-28-17-7-5-4-6-15(14)17/h4-8,10,13,18-19,25,28H,9,11-12H2,1-3H3,(H,29,32)/t18?,19-,25?/m0/s1. The van der Waals surface area contributed by atoms with Gasteiger partial charge in [-0.1, -0.05) is 18.2 Å². The molecule has 0 saturated carbocycles. The first-order valence-electron chi connectivity index (χ1n) is 12.1. The number of likely N-dealkylation sites (tertiary alicyclic amines) is 1. The fourth-order valence-corrected chi connectivity index (χ4v) is 5.17. The van der Waals surface area contributed by atoms with Gasteiger partial charge in [0.15, 0.2) is 11.5 Å². The average molecular weight is 522 g/mol. The van der Waals surface area contributed by atoms with Crippen LogP contribution in [0.15, 0.2) is 42.6 Å². The number of nitrogens with zero attached hydrogens (tertiary/aromatic N) is 1. The van der Waals surface area contributed by atoms with E-state index in [1.807, 2.05) is 24.3 Å². The zero-order valence-corrected chi connectivity index (χ0v) is 21.1. The number of benzene rings is 2. The summed E-state index contributed by atoms with van der Waals surface area (Å²) in [5.41, 5.74) is 2.26. The predicted octanol–water partition coefficient (Wildman–Crippen LogP) is 2.25. The number of methoxy groups -OCH3 is 3. The summed E-state index contributed by atoms with van der Waals surface area (Å²) in [7, 11) is 4.09. The first kappa shape index (κ1) is 25.1. The molecule has 11 nitrogen and oxygen atoms in total. The van der Waals surface area contributed by atoms with E-state index in [0.717, 1.165) is 16.5 Å². The number of cyclic esters (lactones) is 1. The first-order chi connectivity index (χ1) is 18.4. The first-order valence-corrected chi connectivity index (χ1v) is 12.1. The molecular formula is C27H27N3O8. The summed E-state index contributed by atoms with van der Waals surface area (Å²) in [5.74, 6) is -1.67. The lowest BCUT2D eigenvalue weighted by Crippen LogP contribution is -2.52. The minimum Gasteiger partial charge on any atom is -0.493 e. The van der Waals surface area contributed by atoms with Gasteiger partial charge in [0.1, 0.15) is 17.6 Å². The summed E-state index contributed by atoms with van der Waals surface area (Å²) in [6.45, 7) is 0. The van der Waals surface area contributed by atoms with Crippen LogP contribution < -0.4 is 14.8 Å². The highest BCUT2D eigenvalue weighted by molar-refractivity contribution is 5.99. The number of rotatable bonds is 8. The molecule has 2 amide bonds.